The number of nitrogens with zero attached hydrogens (tertiary/aromatic N) is 2. The van der Waals surface area contributed by atoms with E-state index in [1.165, 1.54) is 5.56 Å². The van der Waals surface area contributed by atoms with Crippen LogP contribution in [0.4, 0.5) is 0 Å². The molecule has 9 heteroatoms. The number of amides is 1. The second kappa shape index (κ2) is 11.2. The number of rotatable bonds is 8. The highest BCUT2D eigenvalue weighted by Gasteiger charge is 2.29. The Hall–Kier alpha value is -2.72. The third kappa shape index (κ3) is 5.52. The van der Waals surface area contributed by atoms with Gasteiger partial charge in [-0.1, -0.05) is 18.2 Å². The summed E-state index contributed by atoms with van der Waals surface area (Å²) in [4.78, 5) is 18.1. The van der Waals surface area contributed by atoms with Crippen molar-refractivity contribution in [2.24, 2.45) is 11.7 Å². The quantitative estimate of drug-likeness (QED) is 0.404. The van der Waals surface area contributed by atoms with Crippen molar-refractivity contribution < 1.29 is 18.3 Å². The SMILES string of the molecule is CCS(=O)(=O)N1CCC(c2c[nH]c3c(C(N)=O)cc(-c4cccc(CN5CCCC(CO)C5)c4)cc23)CC1. The van der Waals surface area contributed by atoms with Crippen LogP contribution in [0.25, 0.3) is 22.0 Å². The van der Waals surface area contributed by atoms with Gasteiger partial charge in [-0.05, 0) is 91.4 Å². The molecule has 1 amide bonds. The van der Waals surface area contributed by atoms with Crippen LogP contribution in [0.2, 0.25) is 0 Å². The molecule has 38 heavy (non-hydrogen) atoms. The molecule has 0 spiro atoms. The molecule has 204 valence electrons. The minimum atomic E-state index is -3.19. The monoisotopic (exact) mass is 538 g/mol. The maximum absolute atomic E-state index is 12.5. The Morgan fingerprint density at radius 1 is 1.11 bits per heavy atom. The summed E-state index contributed by atoms with van der Waals surface area (Å²) in [6, 6.07) is 12.4. The van der Waals surface area contributed by atoms with Gasteiger partial charge in [0.25, 0.3) is 5.91 Å². The van der Waals surface area contributed by atoms with E-state index in [4.69, 9.17) is 5.73 Å². The Morgan fingerprint density at radius 2 is 1.89 bits per heavy atom. The van der Waals surface area contributed by atoms with E-state index in [2.05, 4.69) is 34.1 Å². The van der Waals surface area contributed by atoms with Crippen molar-refractivity contribution in [2.75, 3.05) is 38.5 Å². The summed E-state index contributed by atoms with van der Waals surface area (Å²) in [5, 5.41) is 10.6. The third-order valence-corrected chi connectivity index (χ3v) is 10.1. The Morgan fingerprint density at radius 3 is 2.61 bits per heavy atom. The van der Waals surface area contributed by atoms with Crippen molar-refractivity contribution in [2.45, 2.75) is 45.1 Å². The first kappa shape index (κ1) is 26.9. The summed E-state index contributed by atoms with van der Waals surface area (Å²) in [5.74, 6) is 0.185. The van der Waals surface area contributed by atoms with E-state index in [0.717, 1.165) is 72.9 Å². The number of primary amides is 1. The van der Waals surface area contributed by atoms with Crippen LogP contribution >= 0.6 is 0 Å². The molecule has 1 aromatic heterocycles. The number of carbonyl (C=O) groups is 1. The molecule has 5 rings (SSSR count). The Bertz CT molecular complexity index is 1410. The number of H-pyrrole nitrogens is 1. The van der Waals surface area contributed by atoms with Crippen LogP contribution < -0.4 is 5.73 Å². The van der Waals surface area contributed by atoms with E-state index in [0.29, 0.717) is 24.6 Å². The molecule has 2 aliphatic heterocycles. The standard InChI is InChI=1S/C29H38N4O4S/c1-2-38(36,37)33-11-8-22(9-12-33)27-16-31-28-25(27)14-24(15-26(28)29(30)35)23-7-3-5-20(13-23)17-32-10-4-6-21(18-32)19-34/h3,5,7,13-16,21-22,31,34H,2,4,6,8-12,17-19H2,1H3,(H2,30,35). The van der Waals surface area contributed by atoms with Gasteiger partial charge >= 0.3 is 0 Å². The summed E-state index contributed by atoms with van der Waals surface area (Å²) in [6.45, 7) is 5.69. The largest absolute Gasteiger partial charge is 0.396 e. The topological polar surface area (TPSA) is 120 Å². The number of aromatic amines is 1. The average Bonchev–Trinajstić information content (AvgIpc) is 3.37. The fourth-order valence-electron chi connectivity index (χ4n) is 6.13. The molecule has 0 radical (unpaired) electrons. The maximum atomic E-state index is 12.5. The van der Waals surface area contributed by atoms with Crippen LogP contribution in [-0.2, 0) is 16.6 Å². The number of aliphatic hydroxyl groups excluding tert-OH is 1. The lowest BCUT2D eigenvalue weighted by Crippen LogP contribution is -2.38. The van der Waals surface area contributed by atoms with Crippen LogP contribution in [0.1, 0.15) is 60.0 Å². The molecule has 0 bridgehead atoms. The summed E-state index contributed by atoms with van der Waals surface area (Å²) in [7, 11) is -3.19. The number of sulfonamides is 1. The summed E-state index contributed by atoms with van der Waals surface area (Å²) in [5.41, 5.74) is 11.3. The molecule has 2 aliphatic rings. The van der Waals surface area contributed by atoms with Gasteiger partial charge in [-0.15, -0.1) is 0 Å². The second-order valence-corrected chi connectivity index (χ2v) is 13.0. The van der Waals surface area contributed by atoms with Crippen molar-refractivity contribution in [3.05, 3.63) is 59.3 Å². The number of hydrogen-bond acceptors (Lipinski definition) is 5. The molecular formula is C29H38N4O4S. The van der Waals surface area contributed by atoms with Crippen molar-refractivity contribution in [3.63, 3.8) is 0 Å². The fraction of sp³-hybridized carbons (Fsp3) is 0.483. The zero-order valence-corrected chi connectivity index (χ0v) is 22.8. The average molecular weight is 539 g/mol. The van der Waals surface area contributed by atoms with Crippen LogP contribution in [0, 0.1) is 5.92 Å². The zero-order chi connectivity index (χ0) is 26.9. The van der Waals surface area contributed by atoms with Crippen LogP contribution in [0.3, 0.4) is 0 Å². The van der Waals surface area contributed by atoms with Crippen LogP contribution in [-0.4, -0.2) is 72.2 Å². The highest BCUT2D eigenvalue weighted by atomic mass is 32.2. The second-order valence-electron chi connectivity index (χ2n) is 10.8. The Labute approximate surface area is 224 Å². The molecule has 3 aromatic rings. The van der Waals surface area contributed by atoms with Crippen molar-refractivity contribution >= 4 is 26.8 Å². The summed E-state index contributed by atoms with van der Waals surface area (Å²) >= 11 is 0. The normalized spacial score (nSPS) is 20.2. The lowest BCUT2D eigenvalue weighted by molar-refractivity contribution is 0.100. The van der Waals surface area contributed by atoms with E-state index in [1.807, 2.05) is 18.3 Å². The number of likely N-dealkylation sites (tertiary alicyclic amines) is 1. The third-order valence-electron chi connectivity index (χ3n) is 8.27. The van der Waals surface area contributed by atoms with Crippen molar-refractivity contribution in [3.8, 4) is 11.1 Å². The predicted octanol–water partition coefficient (Wildman–Crippen LogP) is 3.67. The number of piperidine rings is 2. The highest BCUT2D eigenvalue weighted by molar-refractivity contribution is 7.89. The number of hydrogen-bond donors (Lipinski definition) is 3. The number of carbonyl (C=O) groups excluding carboxylic acids is 1. The predicted molar refractivity (Wildman–Crippen MR) is 150 cm³/mol. The van der Waals surface area contributed by atoms with Gasteiger partial charge in [0, 0.05) is 44.4 Å². The number of benzene rings is 2. The van der Waals surface area contributed by atoms with E-state index in [9.17, 15) is 18.3 Å². The first-order valence-electron chi connectivity index (χ1n) is 13.6. The van der Waals surface area contributed by atoms with Gasteiger partial charge in [-0.25, -0.2) is 12.7 Å². The van der Waals surface area contributed by atoms with Crippen molar-refractivity contribution in [1.82, 2.24) is 14.2 Å². The molecule has 3 heterocycles. The fourth-order valence-corrected chi connectivity index (χ4v) is 7.26. The number of aromatic nitrogens is 1. The van der Waals surface area contributed by atoms with Gasteiger partial charge in [-0.2, -0.15) is 0 Å². The van der Waals surface area contributed by atoms with E-state index in [1.54, 1.807) is 11.2 Å². The van der Waals surface area contributed by atoms with Crippen LogP contribution in [0.15, 0.2) is 42.6 Å². The van der Waals surface area contributed by atoms with Gasteiger partial charge in [0.1, 0.15) is 0 Å². The molecular weight excluding hydrogens is 500 g/mol. The molecule has 1 atom stereocenters. The molecule has 0 saturated carbocycles. The lowest BCUT2D eigenvalue weighted by Gasteiger charge is -2.31. The van der Waals surface area contributed by atoms with Crippen LogP contribution in [0.5, 0.6) is 0 Å². The molecule has 4 N–H and O–H groups in total. The van der Waals surface area contributed by atoms with Gasteiger partial charge in [0.05, 0.1) is 16.8 Å². The minimum Gasteiger partial charge on any atom is -0.396 e. The Balaban J connectivity index is 1.44. The number of nitrogens with two attached hydrogens (primary N) is 1. The highest BCUT2D eigenvalue weighted by Crippen LogP contribution is 2.37. The van der Waals surface area contributed by atoms with Crippen molar-refractivity contribution in [1.29, 1.82) is 0 Å². The van der Waals surface area contributed by atoms with E-state index < -0.39 is 15.9 Å². The van der Waals surface area contributed by atoms with Gasteiger partial charge < -0.3 is 15.8 Å². The molecule has 2 aromatic carbocycles. The zero-order valence-electron chi connectivity index (χ0n) is 22.0. The molecule has 2 fully saturated rings. The maximum Gasteiger partial charge on any atom is 0.250 e. The first-order chi connectivity index (χ1) is 18.3. The summed E-state index contributed by atoms with van der Waals surface area (Å²) in [6.07, 6.45) is 5.61. The number of aliphatic hydroxyl groups is 1. The van der Waals surface area contributed by atoms with E-state index in [-0.39, 0.29) is 18.3 Å². The number of fused-ring (bicyclic) bond motifs is 1. The minimum absolute atomic E-state index is 0.120. The first-order valence-corrected chi connectivity index (χ1v) is 15.2. The molecule has 1 unspecified atom stereocenters. The van der Waals surface area contributed by atoms with E-state index >= 15 is 0 Å². The lowest BCUT2D eigenvalue weighted by atomic mass is 9.88. The van der Waals surface area contributed by atoms with Gasteiger partial charge in [0.15, 0.2) is 0 Å². The number of nitrogens with one attached hydrogen (secondary N) is 1. The molecule has 2 saturated heterocycles. The van der Waals surface area contributed by atoms with Gasteiger partial charge in [-0.3, -0.25) is 9.69 Å². The molecule has 8 nitrogen and oxygen atoms in total. The summed E-state index contributed by atoms with van der Waals surface area (Å²) < 4.78 is 26.2. The molecule has 0 aliphatic carbocycles. The smallest absolute Gasteiger partial charge is 0.250 e. The van der Waals surface area contributed by atoms with Gasteiger partial charge in [0.2, 0.25) is 10.0 Å². The Kier molecular flexibility index (Phi) is 7.90.